The molecule has 2 rings (SSSR count). The Morgan fingerprint density at radius 3 is 1.59 bits per heavy atom. The first-order valence-corrected chi connectivity index (χ1v) is 6.98. The fourth-order valence-corrected chi connectivity index (χ4v) is 2.85. The molecule has 0 N–H and O–H groups in total. The van der Waals surface area contributed by atoms with Gasteiger partial charge in [0.1, 0.15) is 0 Å². The standard InChI is InChI=1S/C12H10N.C2H5.Al.ClH/c1-3-7-11(8-4-1)13-12-9-5-2-6-10-12;1-2;;/h1-10H;1H2,2H3;;1H/q-1;;+2;/p-1. The number of hydrogen-bond donors (Lipinski definition) is 0. The predicted molar refractivity (Wildman–Crippen MR) is 71.3 cm³/mol. The molecule has 0 aliphatic rings. The third-order valence-corrected chi connectivity index (χ3v) is 3.76. The second kappa shape index (κ2) is 7.40. The molecule has 0 aliphatic carbocycles. The molecule has 0 saturated carbocycles. The van der Waals surface area contributed by atoms with Gasteiger partial charge in [0.05, 0.1) is 0 Å². The van der Waals surface area contributed by atoms with E-state index in [9.17, 15) is 0 Å². The summed E-state index contributed by atoms with van der Waals surface area (Å²) in [6.07, 6.45) is 0. The molecule has 0 heterocycles. The van der Waals surface area contributed by atoms with Gasteiger partial charge in [-0.05, 0) is 0 Å². The first kappa shape index (κ1) is 14.1. The largest absolute Gasteiger partial charge is 1.00 e. The topological polar surface area (TPSA) is 3.24 Å². The van der Waals surface area contributed by atoms with E-state index in [-0.39, 0.29) is 27.8 Å². The Hall–Kier alpha value is -0.938. The number of nitrogens with zero attached hydrogens (tertiary/aromatic N) is 1. The van der Waals surface area contributed by atoms with Gasteiger partial charge >= 0.3 is 104 Å². The van der Waals surface area contributed by atoms with Crippen molar-refractivity contribution in [1.29, 1.82) is 0 Å². The summed E-state index contributed by atoms with van der Waals surface area (Å²) in [6, 6.07) is 21.2. The van der Waals surface area contributed by atoms with Gasteiger partial charge in [-0.3, -0.25) is 0 Å². The maximum Gasteiger partial charge on any atom is -1.00 e. The summed E-state index contributed by atoms with van der Waals surface area (Å²) < 4.78 is 2.43. The minimum absolute atomic E-state index is 0. The van der Waals surface area contributed by atoms with Crippen LogP contribution in [0.4, 0.5) is 11.4 Å². The molecule has 3 heteroatoms. The van der Waals surface area contributed by atoms with Gasteiger partial charge in [-0.25, -0.2) is 0 Å². The molecule has 0 amide bonds. The van der Waals surface area contributed by atoms with E-state index in [4.69, 9.17) is 0 Å². The minimum Gasteiger partial charge on any atom is -1.00 e. The van der Waals surface area contributed by atoms with Crippen LogP contribution in [0.5, 0.6) is 0 Å². The first-order valence-electron chi connectivity index (χ1n) is 5.64. The minimum atomic E-state index is 0. The van der Waals surface area contributed by atoms with Crippen LogP contribution in [0, 0.1) is 0 Å². The van der Waals surface area contributed by atoms with Crippen molar-refractivity contribution in [2.45, 2.75) is 12.2 Å². The van der Waals surface area contributed by atoms with Crippen LogP contribution in [0.2, 0.25) is 5.28 Å². The van der Waals surface area contributed by atoms with Crippen LogP contribution < -0.4 is 16.3 Å². The molecule has 17 heavy (non-hydrogen) atoms. The van der Waals surface area contributed by atoms with Gasteiger partial charge in [0.15, 0.2) is 0 Å². The van der Waals surface area contributed by atoms with Crippen molar-refractivity contribution < 1.29 is 12.4 Å². The molecule has 86 valence electrons. The average Bonchev–Trinajstić information content (AvgIpc) is 2.38. The number of rotatable bonds is 4. The zero-order chi connectivity index (χ0) is 11.2. The number of halogens is 1. The summed E-state index contributed by atoms with van der Waals surface area (Å²) in [5.74, 6) is 0. The smallest absolute Gasteiger partial charge is 1.00 e. The summed E-state index contributed by atoms with van der Waals surface area (Å²) in [6.45, 7) is 2.24. The van der Waals surface area contributed by atoms with Crippen LogP contribution in [-0.4, -0.2) is 15.4 Å². The third-order valence-electron chi connectivity index (χ3n) is 2.43. The predicted octanol–water partition coefficient (Wildman–Crippen LogP) is 0.886. The summed E-state index contributed by atoms with van der Waals surface area (Å²) in [5.41, 5.74) is 2.59. The average molecular weight is 260 g/mol. The SMILES string of the molecule is C[CH2][Al+][N](c1ccccc1)c1ccccc1.[Cl-]. The van der Waals surface area contributed by atoms with Crippen molar-refractivity contribution in [1.82, 2.24) is 0 Å². The van der Waals surface area contributed by atoms with Crippen LogP contribution >= 0.6 is 0 Å². The van der Waals surface area contributed by atoms with Gasteiger partial charge in [-0.2, -0.15) is 0 Å². The number of hydrogen-bond acceptors (Lipinski definition) is 1. The maximum atomic E-state index is 2.43. The molecule has 0 fully saturated rings. The Bertz CT molecular complexity index is 379. The molecule has 2 aromatic carbocycles. The summed E-state index contributed by atoms with van der Waals surface area (Å²) in [5, 5.41) is 1.23. The Morgan fingerprint density at radius 2 is 1.24 bits per heavy atom. The van der Waals surface area contributed by atoms with Gasteiger partial charge < -0.3 is 12.4 Å². The van der Waals surface area contributed by atoms with Crippen molar-refractivity contribution in [2.75, 3.05) is 3.88 Å². The molecule has 0 spiro atoms. The zero-order valence-electron chi connectivity index (χ0n) is 9.88. The fourth-order valence-electron chi connectivity index (χ4n) is 1.72. The van der Waals surface area contributed by atoms with Gasteiger partial charge in [0, 0.05) is 0 Å². The van der Waals surface area contributed by atoms with Crippen LogP contribution in [0.15, 0.2) is 60.7 Å². The van der Waals surface area contributed by atoms with E-state index in [1.807, 2.05) is 0 Å². The third kappa shape index (κ3) is 3.78. The van der Waals surface area contributed by atoms with Gasteiger partial charge in [0.25, 0.3) is 0 Å². The Balaban J connectivity index is 0.00000144. The molecule has 2 aromatic rings. The van der Waals surface area contributed by atoms with Crippen LogP contribution in [-0.2, 0) is 0 Å². The second-order valence-corrected chi connectivity index (χ2v) is 5.33. The van der Waals surface area contributed by atoms with E-state index < -0.39 is 0 Å². The van der Waals surface area contributed by atoms with Crippen molar-refractivity contribution in [3.8, 4) is 0 Å². The number of anilines is 2. The first-order chi connectivity index (χ1) is 7.92. The van der Waals surface area contributed by atoms with Crippen LogP contribution in [0.3, 0.4) is 0 Å². The maximum absolute atomic E-state index is 2.43. The van der Waals surface area contributed by atoms with Crippen LogP contribution in [0.25, 0.3) is 0 Å². The van der Waals surface area contributed by atoms with Crippen molar-refractivity contribution in [3.63, 3.8) is 0 Å². The number of para-hydroxylation sites is 2. The second-order valence-electron chi connectivity index (χ2n) is 3.63. The van der Waals surface area contributed by atoms with Gasteiger partial charge in [0.2, 0.25) is 0 Å². The van der Waals surface area contributed by atoms with E-state index in [2.05, 4.69) is 71.5 Å². The van der Waals surface area contributed by atoms with Crippen molar-refractivity contribution >= 4 is 26.8 Å². The molecule has 0 atom stereocenters. The Kier molecular flexibility index (Phi) is 6.15. The Labute approximate surface area is 116 Å². The molecular weight excluding hydrogens is 245 g/mol. The molecule has 0 bridgehead atoms. The van der Waals surface area contributed by atoms with Gasteiger partial charge in [-0.1, -0.05) is 0 Å². The zero-order valence-corrected chi connectivity index (χ0v) is 11.8. The molecule has 0 unspecified atom stereocenters. The fraction of sp³-hybridized carbons (Fsp3) is 0.143. The molecule has 1 nitrogen and oxygen atoms in total. The van der Waals surface area contributed by atoms with Gasteiger partial charge in [-0.15, -0.1) is 0 Å². The molecule has 0 aromatic heterocycles. The normalized spacial score (nSPS) is 9.00. The summed E-state index contributed by atoms with van der Waals surface area (Å²) in [7, 11) is 0. The molecule has 0 aliphatic heterocycles. The van der Waals surface area contributed by atoms with Crippen molar-refractivity contribution in [2.24, 2.45) is 0 Å². The monoisotopic (exact) mass is 259 g/mol. The van der Waals surface area contributed by atoms with E-state index in [1.165, 1.54) is 16.7 Å². The van der Waals surface area contributed by atoms with E-state index in [1.54, 1.807) is 0 Å². The molecule has 0 radical (unpaired) electrons. The molecule has 0 saturated heterocycles. The molecular formula is C14H15AlClN. The quantitative estimate of drug-likeness (QED) is 0.737. The number of benzene rings is 2. The van der Waals surface area contributed by atoms with E-state index in [0.717, 1.165) is 0 Å². The van der Waals surface area contributed by atoms with E-state index >= 15 is 0 Å². The summed E-state index contributed by atoms with van der Waals surface area (Å²) >= 11 is 0.283. The summed E-state index contributed by atoms with van der Waals surface area (Å²) in [4.78, 5) is 0. The van der Waals surface area contributed by atoms with Crippen LogP contribution in [0.1, 0.15) is 6.92 Å². The Morgan fingerprint density at radius 1 is 0.824 bits per heavy atom. The van der Waals surface area contributed by atoms with E-state index in [0.29, 0.717) is 0 Å². The van der Waals surface area contributed by atoms with Crippen molar-refractivity contribution in [3.05, 3.63) is 60.7 Å².